The minimum atomic E-state index is -0.251. The van der Waals surface area contributed by atoms with Gasteiger partial charge in [0.15, 0.2) is 0 Å². The number of hydrogen-bond acceptors (Lipinski definition) is 5. The molecule has 0 aliphatic rings. The van der Waals surface area contributed by atoms with Gasteiger partial charge in [-0.1, -0.05) is 25.4 Å². The molecule has 0 bridgehead atoms. The first-order valence-corrected chi connectivity index (χ1v) is 8.55. The van der Waals surface area contributed by atoms with Crippen LogP contribution < -0.4 is 11.1 Å². The zero-order valence-corrected chi connectivity index (χ0v) is 14.1. The number of benzene rings is 1. The maximum Gasteiger partial charge on any atom is 0.275 e. The van der Waals surface area contributed by atoms with Crippen LogP contribution in [-0.4, -0.2) is 16.1 Å². The molecule has 0 spiro atoms. The van der Waals surface area contributed by atoms with Crippen LogP contribution in [0.15, 0.2) is 28.5 Å². The molecule has 1 amide bonds. The molecule has 0 aliphatic carbocycles. The third kappa shape index (κ3) is 4.44. The Bertz CT molecular complexity index is 643. The van der Waals surface area contributed by atoms with E-state index in [1.807, 2.05) is 12.1 Å². The van der Waals surface area contributed by atoms with Crippen molar-refractivity contribution in [3.63, 3.8) is 0 Å². The fourth-order valence-electron chi connectivity index (χ4n) is 1.65. The quantitative estimate of drug-likeness (QED) is 0.806. The highest BCUT2D eigenvalue weighted by Gasteiger charge is 2.14. The number of anilines is 1. The Morgan fingerprint density at radius 2 is 2.29 bits per heavy atom. The van der Waals surface area contributed by atoms with Crippen LogP contribution in [-0.2, 0) is 6.54 Å². The number of thiazole rings is 1. The van der Waals surface area contributed by atoms with Gasteiger partial charge in [0, 0.05) is 27.1 Å². The second-order valence-corrected chi connectivity index (χ2v) is 7.59. The molecule has 21 heavy (non-hydrogen) atoms. The van der Waals surface area contributed by atoms with Crippen molar-refractivity contribution in [2.45, 2.75) is 30.5 Å². The Morgan fingerprint density at radius 1 is 1.52 bits per heavy atom. The predicted octanol–water partition coefficient (Wildman–Crippen LogP) is 4.01. The van der Waals surface area contributed by atoms with Gasteiger partial charge in [-0.05, 0) is 18.2 Å². The number of nitrogens with zero attached hydrogens (tertiary/aromatic N) is 1. The summed E-state index contributed by atoms with van der Waals surface area (Å²) < 4.78 is 0. The van der Waals surface area contributed by atoms with Gasteiger partial charge >= 0.3 is 0 Å². The lowest BCUT2D eigenvalue weighted by molar-refractivity contribution is 0.102. The molecular weight excluding hydrogens is 326 g/mol. The Balaban J connectivity index is 2.21. The molecule has 0 atom stereocenters. The first-order chi connectivity index (χ1) is 9.99. The van der Waals surface area contributed by atoms with Crippen LogP contribution in [0.2, 0.25) is 5.02 Å². The zero-order chi connectivity index (χ0) is 15.4. The van der Waals surface area contributed by atoms with E-state index in [9.17, 15) is 4.79 Å². The van der Waals surface area contributed by atoms with Crippen LogP contribution in [0.25, 0.3) is 0 Å². The number of aromatic nitrogens is 1. The van der Waals surface area contributed by atoms with Crippen LogP contribution in [0.1, 0.15) is 29.3 Å². The fourth-order valence-corrected chi connectivity index (χ4v) is 3.37. The minimum Gasteiger partial charge on any atom is -0.325 e. The van der Waals surface area contributed by atoms with E-state index in [0.29, 0.717) is 28.2 Å². The average Bonchev–Trinajstić information content (AvgIpc) is 2.90. The molecular formula is C14H16ClN3OS2. The van der Waals surface area contributed by atoms with Crippen molar-refractivity contribution in [2.24, 2.45) is 5.73 Å². The van der Waals surface area contributed by atoms with Crippen molar-refractivity contribution in [1.29, 1.82) is 0 Å². The van der Waals surface area contributed by atoms with Crippen LogP contribution in [0.3, 0.4) is 0 Å². The molecule has 2 aromatic rings. The highest BCUT2D eigenvalue weighted by Crippen LogP contribution is 2.32. The summed E-state index contributed by atoms with van der Waals surface area (Å²) in [4.78, 5) is 17.4. The van der Waals surface area contributed by atoms with Gasteiger partial charge < -0.3 is 11.1 Å². The maximum atomic E-state index is 12.2. The van der Waals surface area contributed by atoms with E-state index in [0.717, 1.165) is 9.90 Å². The van der Waals surface area contributed by atoms with E-state index in [4.69, 9.17) is 17.3 Å². The van der Waals surface area contributed by atoms with Gasteiger partial charge in [0.25, 0.3) is 5.91 Å². The van der Waals surface area contributed by atoms with E-state index in [2.05, 4.69) is 24.1 Å². The molecule has 2 rings (SSSR count). The normalized spacial score (nSPS) is 10.9. The molecule has 1 heterocycles. The topological polar surface area (TPSA) is 68.0 Å². The van der Waals surface area contributed by atoms with E-state index >= 15 is 0 Å². The number of hydrogen-bond donors (Lipinski definition) is 2. The Labute approximate surface area is 137 Å². The molecule has 0 aliphatic heterocycles. The van der Waals surface area contributed by atoms with Gasteiger partial charge in [0.05, 0.1) is 5.69 Å². The molecule has 112 valence electrons. The van der Waals surface area contributed by atoms with Crippen molar-refractivity contribution in [3.05, 3.63) is 39.3 Å². The average molecular weight is 342 g/mol. The number of halogens is 1. The van der Waals surface area contributed by atoms with Gasteiger partial charge in [0.1, 0.15) is 10.7 Å². The number of thioether (sulfide) groups is 1. The number of carbonyl (C=O) groups excluding carboxylic acids is 1. The smallest absolute Gasteiger partial charge is 0.275 e. The molecule has 3 N–H and O–H groups in total. The lowest BCUT2D eigenvalue weighted by Gasteiger charge is -2.12. The van der Waals surface area contributed by atoms with Crippen LogP contribution in [0.5, 0.6) is 0 Å². The van der Waals surface area contributed by atoms with Crippen LogP contribution in [0, 0.1) is 0 Å². The van der Waals surface area contributed by atoms with E-state index in [-0.39, 0.29) is 5.91 Å². The largest absolute Gasteiger partial charge is 0.325 e. The zero-order valence-electron chi connectivity index (χ0n) is 11.7. The van der Waals surface area contributed by atoms with E-state index in [1.165, 1.54) is 11.3 Å². The second kappa shape index (κ2) is 7.26. The highest BCUT2D eigenvalue weighted by atomic mass is 35.5. The number of nitrogens with two attached hydrogens (primary N) is 1. The van der Waals surface area contributed by atoms with Crippen LogP contribution >= 0.6 is 34.7 Å². The SMILES string of the molecule is CC(C)Sc1ccc(Cl)cc1NC(=O)c1csc(CN)n1. The Kier molecular flexibility index (Phi) is 5.64. The number of nitrogens with one attached hydrogen (secondary N) is 1. The highest BCUT2D eigenvalue weighted by molar-refractivity contribution is 8.00. The van der Waals surface area contributed by atoms with E-state index in [1.54, 1.807) is 23.2 Å². The van der Waals surface area contributed by atoms with Crippen molar-refractivity contribution < 1.29 is 4.79 Å². The third-order valence-corrected chi connectivity index (χ3v) is 4.70. The van der Waals surface area contributed by atoms with Crippen molar-refractivity contribution >= 4 is 46.3 Å². The monoisotopic (exact) mass is 341 g/mol. The summed E-state index contributed by atoms with van der Waals surface area (Å²) in [5.41, 5.74) is 6.59. The van der Waals surface area contributed by atoms with Crippen LogP contribution in [0.4, 0.5) is 5.69 Å². The van der Waals surface area contributed by atoms with Gasteiger partial charge in [-0.25, -0.2) is 4.98 Å². The summed E-state index contributed by atoms with van der Waals surface area (Å²) in [5, 5.41) is 6.30. The summed E-state index contributed by atoms with van der Waals surface area (Å²) in [6, 6.07) is 5.48. The van der Waals surface area contributed by atoms with Crippen molar-refractivity contribution in [3.8, 4) is 0 Å². The molecule has 1 aromatic heterocycles. The van der Waals surface area contributed by atoms with Gasteiger partial charge in [-0.15, -0.1) is 23.1 Å². The summed E-state index contributed by atoms with van der Waals surface area (Å²) in [6.07, 6.45) is 0. The summed E-state index contributed by atoms with van der Waals surface area (Å²) in [6.45, 7) is 4.53. The lowest BCUT2D eigenvalue weighted by Crippen LogP contribution is -2.13. The minimum absolute atomic E-state index is 0.251. The molecule has 0 radical (unpaired) electrons. The third-order valence-electron chi connectivity index (χ3n) is 2.51. The van der Waals surface area contributed by atoms with E-state index < -0.39 is 0 Å². The molecule has 7 heteroatoms. The van der Waals surface area contributed by atoms with Crippen molar-refractivity contribution in [1.82, 2.24) is 4.98 Å². The van der Waals surface area contributed by atoms with Gasteiger partial charge in [-0.3, -0.25) is 4.79 Å². The first kappa shape index (κ1) is 16.3. The van der Waals surface area contributed by atoms with Crippen molar-refractivity contribution in [2.75, 3.05) is 5.32 Å². The number of rotatable bonds is 5. The molecule has 1 aromatic carbocycles. The van der Waals surface area contributed by atoms with Gasteiger partial charge in [-0.2, -0.15) is 0 Å². The number of amides is 1. The summed E-state index contributed by atoms with van der Waals surface area (Å²) in [5.74, 6) is -0.251. The standard InChI is InChI=1S/C14H16ClN3OS2/c1-8(2)21-12-4-3-9(15)5-10(12)18-14(19)11-7-20-13(6-16)17-11/h3-5,7-8H,6,16H2,1-2H3,(H,18,19). The molecule has 0 saturated heterocycles. The predicted molar refractivity (Wildman–Crippen MR) is 90.4 cm³/mol. The summed E-state index contributed by atoms with van der Waals surface area (Å²) >= 11 is 9.07. The molecule has 0 fully saturated rings. The Morgan fingerprint density at radius 3 is 2.90 bits per heavy atom. The van der Waals surface area contributed by atoms with Gasteiger partial charge in [0.2, 0.25) is 0 Å². The maximum absolute atomic E-state index is 12.2. The number of carbonyl (C=O) groups is 1. The molecule has 0 saturated carbocycles. The Hall–Kier alpha value is -1.08. The lowest BCUT2D eigenvalue weighted by atomic mass is 10.3. The first-order valence-electron chi connectivity index (χ1n) is 6.41. The fraction of sp³-hybridized carbons (Fsp3) is 0.286. The molecule has 4 nitrogen and oxygen atoms in total. The second-order valence-electron chi connectivity index (χ2n) is 4.59. The summed E-state index contributed by atoms with van der Waals surface area (Å²) in [7, 11) is 0. The molecule has 0 unspecified atom stereocenters.